The van der Waals surface area contributed by atoms with Crippen molar-refractivity contribution < 1.29 is 0 Å². The first kappa shape index (κ1) is 10.4. The van der Waals surface area contributed by atoms with Crippen LogP contribution in [0.1, 0.15) is 12.2 Å². The van der Waals surface area contributed by atoms with Crippen molar-refractivity contribution in [1.82, 2.24) is 25.5 Å². The summed E-state index contributed by atoms with van der Waals surface area (Å²) >= 11 is 0. The van der Waals surface area contributed by atoms with Gasteiger partial charge in [0.2, 0.25) is 0 Å². The van der Waals surface area contributed by atoms with E-state index < -0.39 is 0 Å². The monoisotopic (exact) mass is 229 g/mol. The van der Waals surface area contributed by atoms with Crippen molar-refractivity contribution in [3.05, 3.63) is 30.4 Å². The molecule has 0 amide bonds. The summed E-state index contributed by atoms with van der Waals surface area (Å²) in [4.78, 5) is 8.58. The molecule has 1 saturated heterocycles. The van der Waals surface area contributed by atoms with Crippen LogP contribution in [0.15, 0.2) is 24.5 Å². The highest BCUT2D eigenvalue weighted by molar-refractivity contribution is 5.52. The summed E-state index contributed by atoms with van der Waals surface area (Å²) in [5, 5.41) is 10.6. The van der Waals surface area contributed by atoms with Crippen molar-refractivity contribution in [2.75, 3.05) is 13.1 Å². The second kappa shape index (κ2) is 4.63. The lowest BCUT2D eigenvalue weighted by atomic mass is 10.1. The molecule has 2 N–H and O–H groups in total. The minimum Gasteiger partial charge on any atom is -0.316 e. The number of nitrogens with one attached hydrogen (secondary N) is 2. The standard InChI is InChI=1S/C12H15N5/c1-2-10(8-13-4-1)12-15-11(16-17-12)6-9-3-5-14-7-9/h1-2,4,8-9,14H,3,5-7H2,(H,15,16,17)/t9-/m1/s1. The Bertz CT molecular complexity index is 473. The van der Waals surface area contributed by atoms with Gasteiger partial charge in [0.25, 0.3) is 0 Å². The van der Waals surface area contributed by atoms with Crippen LogP contribution in [0.5, 0.6) is 0 Å². The number of nitrogens with zero attached hydrogens (tertiary/aromatic N) is 3. The van der Waals surface area contributed by atoms with E-state index in [1.807, 2.05) is 12.1 Å². The fourth-order valence-electron chi connectivity index (χ4n) is 2.17. The Morgan fingerprint density at radius 3 is 3.18 bits per heavy atom. The molecular weight excluding hydrogens is 214 g/mol. The van der Waals surface area contributed by atoms with Gasteiger partial charge in [-0.3, -0.25) is 10.1 Å². The SMILES string of the molecule is c1cncc(-c2n[nH]c(C[C@H]3CCNC3)n2)c1. The number of H-pyrrole nitrogens is 1. The quantitative estimate of drug-likeness (QED) is 0.824. The fraction of sp³-hybridized carbons (Fsp3) is 0.417. The van der Waals surface area contributed by atoms with Crippen LogP contribution in [0, 0.1) is 5.92 Å². The van der Waals surface area contributed by atoms with E-state index in [4.69, 9.17) is 0 Å². The Kier molecular flexibility index (Phi) is 2.83. The molecule has 1 fully saturated rings. The van der Waals surface area contributed by atoms with Crippen LogP contribution in [0.25, 0.3) is 11.4 Å². The normalized spacial score (nSPS) is 19.6. The number of hydrogen-bond donors (Lipinski definition) is 2. The van der Waals surface area contributed by atoms with Crippen molar-refractivity contribution >= 4 is 0 Å². The minimum absolute atomic E-state index is 0.685. The molecule has 17 heavy (non-hydrogen) atoms. The smallest absolute Gasteiger partial charge is 0.182 e. The van der Waals surface area contributed by atoms with Crippen LogP contribution in [0.2, 0.25) is 0 Å². The average Bonchev–Trinajstić information content (AvgIpc) is 3.02. The molecule has 3 rings (SSSR count). The zero-order valence-electron chi connectivity index (χ0n) is 9.56. The summed E-state index contributed by atoms with van der Waals surface area (Å²) in [5.74, 6) is 2.39. The molecule has 0 unspecified atom stereocenters. The first-order valence-electron chi connectivity index (χ1n) is 5.94. The highest BCUT2D eigenvalue weighted by Gasteiger charge is 2.17. The Morgan fingerprint density at radius 2 is 2.41 bits per heavy atom. The van der Waals surface area contributed by atoms with Gasteiger partial charge in [-0.05, 0) is 37.6 Å². The van der Waals surface area contributed by atoms with Crippen LogP contribution in [0.3, 0.4) is 0 Å². The predicted molar refractivity (Wildman–Crippen MR) is 64.3 cm³/mol. The highest BCUT2D eigenvalue weighted by atomic mass is 15.2. The van der Waals surface area contributed by atoms with Gasteiger partial charge in [0.05, 0.1) is 0 Å². The van der Waals surface area contributed by atoms with E-state index in [9.17, 15) is 0 Å². The van der Waals surface area contributed by atoms with Crippen LogP contribution >= 0.6 is 0 Å². The number of pyridine rings is 1. The highest BCUT2D eigenvalue weighted by Crippen LogP contribution is 2.16. The van der Waals surface area contributed by atoms with Gasteiger partial charge in [-0.2, -0.15) is 5.10 Å². The largest absolute Gasteiger partial charge is 0.316 e. The molecule has 0 spiro atoms. The maximum atomic E-state index is 4.51. The summed E-state index contributed by atoms with van der Waals surface area (Å²) in [6.07, 6.45) is 5.73. The summed E-state index contributed by atoms with van der Waals surface area (Å²) in [7, 11) is 0. The van der Waals surface area contributed by atoms with Gasteiger partial charge in [-0.25, -0.2) is 4.98 Å². The molecule has 0 bridgehead atoms. The Hall–Kier alpha value is -1.75. The lowest BCUT2D eigenvalue weighted by Crippen LogP contribution is -2.11. The van der Waals surface area contributed by atoms with E-state index in [0.717, 1.165) is 36.7 Å². The van der Waals surface area contributed by atoms with E-state index in [1.54, 1.807) is 12.4 Å². The maximum Gasteiger partial charge on any atom is 0.182 e. The molecule has 2 aromatic heterocycles. The maximum absolute atomic E-state index is 4.51. The summed E-state index contributed by atoms with van der Waals surface area (Å²) in [5.41, 5.74) is 0.958. The number of rotatable bonds is 3. The summed E-state index contributed by atoms with van der Waals surface area (Å²) in [6, 6.07) is 3.86. The first-order valence-corrected chi connectivity index (χ1v) is 5.94. The van der Waals surface area contributed by atoms with Gasteiger partial charge in [-0.15, -0.1) is 0 Å². The van der Waals surface area contributed by atoms with Crippen molar-refractivity contribution in [3.8, 4) is 11.4 Å². The molecule has 0 aromatic carbocycles. The second-order valence-electron chi connectivity index (χ2n) is 4.41. The molecular formula is C12H15N5. The van der Waals surface area contributed by atoms with Crippen molar-refractivity contribution in [3.63, 3.8) is 0 Å². The van der Waals surface area contributed by atoms with Crippen molar-refractivity contribution in [2.45, 2.75) is 12.8 Å². The molecule has 2 aromatic rings. The minimum atomic E-state index is 0.685. The Morgan fingerprint density at radius 1 is 1.41 bits per heavy atom. The van der Waals surface area contributed by atoms with Crippen LogP contribution in [-0.2, 0) is 6.42 Å². The molecule has 0 saturated carbocycles. The van der Waals surface area contributed by atoms with Crippen molar-refractivity contribution in [2.24, 2.45) is 5.92 Å². The Labute approximate surface area is 99.7 Å². The number of hydrogen-bond acceptors (Lipinski definition) is 4. The lowest BCUT2D eigenvalue weighted by Gasteiger charge is -2.03. The molecule has 1 atom stereocenters. The average molecular weight is 229 g/mol. The van der Waals surface area contributed by atoms with E-state index >= 15 is 0 Å². The van der Waals surface area contributed by atoms with Gasteiger partial charge in [0, 0.05) is 24.4 Å². The number of aromatic nitrogens is 4. The molecule has 88 valence electrons. The molecule has 5 nitrogen and oxygen atoms in total. The van der Waals surface area contributed by atoms with Gasteiger partial charge in [0.15, 0.2) is 5.82 Å². The zero-order valence-corrected chi connectivity index (χ0v) is 9.56. The fourth-order valence-corrected chi connectivity index (χ4v) is 2.17. The molecule has 1 aliphatic rings. The zero-order chi connectivity index (χ0) is 11.5. The third-order valence-corrected chi connectivity index (χ3v) is 3.10. The van der Waals surface area contributed by atoms with E-state index in [-0.39, 0.29) is 0 Å². The van der Waals surface area contributed by atoms with Crippen molar-refractivity contribution in [1.29, 1.82) is 0 Å². The summed E-state index contributed by atoms with van der Waals surface area (Å²) < 4.78 is 0. The van der Waals surface area contributed by atoms with Gasteiger partial charge in [0.1, 0.15) is 5.82 Å². The van der Waals surface area contributed by atoms with E-state index in [1.165, 1.54) is 6.42 Å². The lowest BCUT2D eigenvalue weighted by molar-refractivity contribution is 0.563. The molecule has 0 radical (unpaired) electrons. The first-order chi connectivity index (χ1) is 8.42. The third kappa shape index (κ3) is 2.34. The third-order valence-electron chi connectivity index (χ3n) is 3.10. The van der Waals surface area contributed by atoms with Gasteiger partial charge >= 0.3 is 0 Å². The Balaban J connectivity index is 1.74. The van der Waals surface area contributed by atoms with Crippen LogP contribution < -0.4 is 5.32 Å². The molecule has 3 heterocycles. The molecule has 5 heteroatoms. The van der Waals surface area contributed by atoms with Gasteiger partial charge in [-0.1, -0.05) is 0 Å². The topological polar surface area (TPSA) is 66.5 Å². The van der Waals surface area contributed by atoms with E-state index in [0.29, 0.717) is 5.92 Å². The second-order valence-corrected chi connectivity index (χ2v) is 4.41. The van der Waals surface area contributed by atoms with Crippen LogP contribution in [0.4, 0.5) is 0 Å². The van der Waals surface area contributed by atoms with Gasteiger partial charge < -0.3 is 5.32 Å². The molecule has 0 aliphatic carbocycles. The van der Waals surface area contributed by atoms with Crippen LogP contribution in [-0.4, -0.2) is 33.3 Å². The summed E-state index contributed by atoms with van der Waals surface area (Å²) in [6.45, 7) is 2.21. The predicted octanol–water partition coefficient (Wildman–Crippen LogP) is 1.02. The van der Waals surface area contributed by atoms with E-state index in [2.05, 4.69) is 25.5 Å². The molecule has 1 aliphatic heterocycles. The number of aromatic amines is 1.